The second-order valence-electron chi connectivity index (χ2n) is 6.52. The number of benzene rings is 1. The second-order valence-corrected chi connectivity index (χ2v) is 6.52. The number of aryl methyl sites for hydroxylation is 1. The number of anilines is 2. The summed E-state index contributed by atoms with van der Waals surface area (Å²) in [5.41, 5.74) is 9.09. The number of hydrogen-bond donors (Lipinski definition) is 2. The summed E-state index contributed by atoms with van der Waals surface area (Å²) in [4.78, 5) is 28.6. The van der Waals surface area contributed by atoms with Gasteiger partial charge in [-0.2, -0.15) is 0 Å². The molecule has 7 nitrogen and oxygen atoms in total. The van der Waals surface area contributed by atoms with Crippen molar-refractivity contribution in [3.63, 3.8) is 0 Å². The molecule has 1 aromatic heterocycles. The van der Waals surface area contributed by atoms with Crippen molar-refractivity contribution >= 4 is 29.0 Å². The van der Waals surface area contributed by atoms with Gasteiger partial charge in [0.15, 0.2) is 5.82 Å². The highest BCUT2D eigenvalue weighted by molar-refractivity contribution is 6.06. The number of imidazole rings is 1. The highest BCUT2D eigenvalue weighted by Gasteiger charge is 2.22. The lowest BCUT2D eigenvalue weighted by Gasteiger charge is -2.20. The minimum atomic E-state index is -0.559. The highest BCUT2D eigenvalue weighted by atomic mass is 16.5. The van der Waals surface area contributed by atoms with Crippen LogP contribution in [0.15, 0.2) is 48.2 Å². The predicted molar refractivity (Wildman–Crippen MR) is 104 cm³/mol. The number of nitrogen functional groups attached to an aromatic ring is 1. The molecular weight excluding hydrogens is 344 g/mol. The average Bonchev–Trinajstić information content (AvgIpc) is 3.02. The van der Waals surface area contributed by atoms with Gasteiger partial charge in [-0.3, -0.25) is 4.79 Å². The topological polar surface area (TPSA) is 99.2 Å². The van der Waals surface area contributed by atoms with E-state index in [1.54, 1.807) is 13.2 Å². The molecule has 1 heterocycles. The van der Waals surface area contributed by atoms with Gasteiger partial charge in [-0.1, -0.05) is 25.1 Å². The molecule has 0 fully saturated rings. The van der Waals surface area contributed by atoms with Crippen molar-refractivity contribution in [2.45, 2.75) is 13.3 Å². The number of amides is 1. The number of carbonyl (C=O) groups excluding carboxylic acids is 2. The van der Waals surface area contributed by atoms with Crippen LogP contribution in [0.4, 0.5) is 11.5 Å². The Morgan fingerprint density at radius 2 is 2.00 bits per heavy atom. The normalized spacial score (nSPS) is 16.3. The molecule has 27 heavy (non-hydrogen) atoms. The van der Waals surface area contributed by atoms with Crippen LogP contribution in [-0.4, -0.2) is 28.5 Å². The summed E-state index contributed by atoms with van der Waals surface area (Å²) in [6.45, 7) is 2.00. The zero-order chi connectivity index (χ0) is 19.6. The van der Waals surface area contributed by atoms with Gasteiger partial charge in [0.25, 0.3) is 5.91 Å². The van der Waals surface area contributed by atoms with Crippen molar-refractivity contribution < 1.29 is 14.3 Å². The van der Waals surface area contributed by atoms with Crippen LogP contribution in [0.1, 0.15) is 29.5 Å². The third-order valence-corrected chi connectivity index (χ3v) is 4.53. The van der Waals surface area contributed by atoms with Crippen molar-refractivity contribution in [3.05, 3.63) is 59.6 Å². The fourth-order valence-corrected chi connectivity index (χ4v) is 2.96. The number of allylic oxidation sites excluding steroid dienone is 3. The van der Waals surface area contributed by atoms with Gasteiger partial charge in [-0.15, -0.1) is 0 Å². The van der Waals surface area contributed by atoms with Crippen LogP contribution >= 0.6 is 0 Å². The van der Waals surface area contributed by atoms with E-state index in [1.165, 1.54) is 11.7 Å². The molecule has 1 aliphatic carbocycles. The molecule has 7 heteroatoms. The summed E-state index contributed by atoms with van der Waals surface area (Å²) < 4.78 is 6.19. The van der Waals surface area contributed by atoms with Gasteiger partial charge in [0.1, 0.15) is 0 Å². The van der Waals surface area contributed by atoms with Crippen LogP contribution in [0.25, 0.3) is 5.57 Å². The van der Waals surface area contributed by atoms with E-state index in [9.17, 15) is 9.59 Å². The number of aromatic nitrogens is 2. The number of nitrogens with two attached hydrogens (primary N) is 1. The molecule has 1 atom stereocenters. The molecule has 0 saturated heterocycles. The number of nitrogens with zero attached hydrogens (tertiary/aromatic N) is 2. The SMILES string of the molecule is COC(=O)c1nc(NC(=O)C2=CC(c3ccc(N)cc3)=CCC2C)cn1C. The molecule has 0 spiro atoms. The van der Waals surface area contributed by atoms with Crippen LogP contribution < -0.4 is 11.1 Å². The van der Waals surface area contributed by atoms with E-state index in [2.05, 4.69) is 21.1 Å². The maximum Gasteiger partial charge on any atom is 0.374 e. The van der Waals surface area contributed by atoms with Crippen LogP contribution in [0, 0.1) is 5.92 Å². The molecular formula is C20H22N4O3. The number of esters is 1. The van der Waals surface area contributed by atoms with Crippen LogP contribution in [-0.2, 0) is 16.6 Å². The van der Waals surface area contributed by atoms with Gasteiger partial charge in [0.05, 0.1) is 7.11 Å². The number of rotatable bonds is 4. The molecule has 0 radical (unpaired) electrons. The van der Waals surface area contributed by atoms with Gasteiger partial charge >= 0.3 is 5.97 Å². The van der Waals surface area contributed by atoms with Crippen molar-refractivity contribution in [1.29, 1.82) is 0 Å². The molecule has 1 unspecified atom stereocenters. The Morgan fingerprint density at radius 3 is 2.67 bits per heavy atom. The van der Waals surface area contributed by atoms with Gasteiger partial charge in [-0.05, 0) is 41.7 Å². The third kappa shape index (κ3) is 3.92. The number of hydrogen-bond acceptors (Lipinski definition) is 5. The summed E-state index contributed by atoms with van der Waals surface area (Å²) in [5, 5.41) is 2.77. The molecule has 3 rings (SSSR count). The predicted octanol–water partition coefficient (Wildman–Crippen LogP) is 2.78. The maximum absolute atomic E-state index is 12.8. The van der Waals surface area contributed by atoms with E-state index >= 15 is 0 Å². The lowest BCUT2D eigenvalue weighted by molar-refractivity contribution is -0.113. The maximum atomic E-state index is 12.8. The Hall–Kier alpha value is -3.35. The van der Waals surface area contributed by atoms with Crippen molar-refractivity contribution in [2.24, 2.45) is 13.0 Å². The van der Waals surface area contributed by atoms with Crippen molar-refractivity contribution in [3.8, 4) is 0 Å². The van der Waals surface area contributed by atoms with E-state index in [0.29, 0.717) is 17.1 Å². The minimum Gasteiger partial charge on any atom is -0.463 e. The van der Waals surface area contributed by atoms with Crippen molar-refractivity contribution in [2.75, 3.05) is 18.2 Å². The molecule has 2 aromatic rings. The van der Waals surface area contributed by atoms with E-state index in [0.717, 1.165) is 17.6 Å². The summed E-state index contributed by atoms with van der Waals surface area (Å²) >= 11 is 0. The van der Waals surface area contributed by atoms with E-state index in [4.69, 9.17) is 5.73 Å². The highest BCUT2D eigenvalue weighted by Crippen LogP contribution is 2.30. The Kier molecular flexibility index (Phi) is 5.12. The van der Waals surface area contributed by atoms with Gasteiger partial charge in [0.2, 0.25) is 5.82 Å². The standard InChI is InChI=1S/C20H22N4O3/c1-12-4-5-14(13-6-8-15(21)9-7-13)10-16(12)19(25)23-17-11-24(2)18(22-17)20(26)27-3/h5-12H,4,21H2,1-3H3,(H,23,25). The lowest BCUT2D eigenvalue weighted by atomic mass is 9.87. The van der Waals surface area contributed by atoms with Gasteiger partial charge in [-0.25, -0.2) is 9.78 Å². The first kappa shape index (κ1) is 18.4. The minimum absolute atomic E-state index is 0.0753. The quantitative estimate of drug-likeness (QED) is 0.640. The molecule has 0 aliphatic heterocycles. The average molecular weight is 366 g/mol. The van der Waals surface area contributed by atoms with Crippen LogP contribution in [0.3, 0.4) is 0 Å². The monoisotopic (exact) mass is 366 g/mol. The molecule has 1 aromatic carbocycles. The van der Waals surface area contributed by atoms with Crippen LogP contribution in [0.2, 0.25) is 0 Å². The number of carbonyl (C=O) groups is 2. The first-order valence-corrected chi connectivity index (χ1v) is 8.59. The fraction of sp³-hybridized carbons (Fsp3) is 0.250. The first-order valence-electron chi connectivity index (χ1n) is 8.59. The Balaban J connectivity index is 1.81. The first-order chi connectivity index (χ1) is 12.9. The largest absolute Gasteiger partial charge is 0.463 e. The molecule has 0 bridgehead atoms. The zero-order valence-electron chi connectivity index (χ0n) is 15.5. The second kappa shape index (κ2) is 7.49. The molecule has 0 saturated carbocycles. The van der Waals surface area contributed by atoms with E-state index < -0.39 is 5.97 Å². The van der Waals surface area contributed by atoms with Crippen LogP contribution in [0.5, 0.6) is 0 Å². The van der Waals surface area contributed by atoms with Gasteiger partial charge < -0.3 is 20.4 Å². The summed E-state index contributed by atoms with van der Waals surface area (Å²) in [6.07, 6.45) is 6.34. The summed E-state index contributed by atoms with van der Waals surface area (Å²) in [5.74, 6) is -0.290. The Morgan fingerprint density at radius 1 is 1.30 bits per heavy atom. The summed E-state index contributed by atoms with van der Waals surface area (Å²) in [6, 6.07) is 7.54. The number of nitrogens with one attached hydrogen (secondary N) is 1. The number of methoxy groups -OCH3 is 1. The fourth-order valence-electron chi connectivity index (χ4n) is 2.96. The zero-order valence-corrected chi connectivity index (χ0v) is 15.5. The molecule has 1 amide bonds. The Bertz CT molecular complexity index is 939. The third-order valence-electron chi connectivity index (χ3n) is 4.53. The summed E-state index contributed by atoms with van der Waals surface area (Å²) in [7, 11) is 2.95. The number of ether oxygens (including phenoxy) is 1. The molecule has 140 valence electrons. The van der Waals surface area contributed by atoms with E-state index in [1.807, 2.05) is 37.3 Å². The smallest absolute Gasteiger partial charge is 0.374 e. The molecule has 1 aliphatic rings. The van der Waals surface area contributed by atoms with E-state index in [-0.39, 0.29) is 17.6 Å². The van der Waals surface area contributed by atoms with Gasteiger partial charge in [0, 0.05) is 24.5 Å². The molecule has 3 N–H and O–H groups in total. The van der Waals surface area contributed by atoms with Crippen molar-refractivity contribution in [1.82, 2.24) is 9.55 Å². The Labute approximate surface area is 157 Å². The lowest BCUT2D eigenvalue weighted by Crippen LogP contribution is -2.21.